The Morgan fingerprint density at radius 1 is 1.21 bits per heavy atom. The van der Waals surface area contributed by atoms with Crippen molar-refractivity contribution in [3.05, 3.63) is 69.5 Å². The molecule has 1 aromatic heterocycles. The topological polar surface area (TPSA) is 71.3 Å². The van der Waals surface area contributed by atoms with Gasteiger partial charge in [-0.2, -0.15) is 4.98 Å². The van der Waals surface area contributed by atoms with Crippen LogP contribution >= 0.6 is 15.9 Å². The Morgan fingerprint density at radius 3 is 2.73 bits per heavy atom. The van der Waals surface area contributed by atoms with Crippen LogP contribution in [0.1, 0.15) is 54.8 Å². The van der Waals surface area contributed by atoms with E-state index in [4.69, 9.17) is 4.52 Å². The summed E-state index contributed by atoms with van der Waals surface area (Å²) in [6.45, 7) is 8.53. The number of nitrogens with zero attached hydrogens (tertiary/aromatic N) is 3. The molecule has 1 N–H and O–H groups in total. The van der Waals surface area contributed by atoms with Crippen molar-refractivity contribution in [2.24, 2.45) is 5.92 Å². The van der Waals surface area contributed by atoms with Crippen molar-refractivity contribution >= 4 is 21.8 Å². The fourth-order valence-electron chi connectivity index (χ4n) is 4.33. The number of carbonyl (C=O) groups excluding carboxylic acids is 1. The third kappa shape index (κ3) is 5.89. The Kier molecular flexibility index (Phi) is 7.60. The minimum Gasteiger partial charge on any atom is -0.349 e. The zero-order valence-corrected chi connectivity index (χ0v) is 21.1. The van der Waals surface area contributed by atoms with E-state index in [0.29, 0.717) is 24.8 Å². The molecule has 0 aliphatic carbocycles. The molecule has 0 saturated carbocycles. The van der Waals surface area contributed by atoms with Gasteiger partial charge in [0.25, 0.3) is 0 Å². The molecular formula is C26H31BrN4O2. The average Bonchev–Trinajstić information content (AvgIpc) is 3.28. The van der Waals surface area contributed by atoms with Crippen LogP contribution in [0.3, 0.4) is 0 Å². The Bertz CT molecular complexity index is 1100. The zero-order chi connectivity index (χ0) is 23.4. The summed E-state index contributed by atoms with van der Waals surface area (Å²) >= 11 is 3.44. The van der Waals surface area contributed by atoms with Gasteiger partial charge in [0.2, 0.25) is 17.6 Å². The number of carbonyl (C=O) groups is 1. The van der Waals surface area contributed by atoms with E-state index < -0.39 is 0 Å². The van der Waals surface area contributed by atoms with Gasteiger partial charge in [0.1, 0.15) is 0 Å². The van der Waals surface area contributed by atoms with Crippen LogP contribution in [0, 0.1) is 19.8 Å². The monoisotopic (exact) mass is 510 g/mol. The minimum absolute atomic E-state index is 0.0341. The van der Waals surface area contributed by atoms with Gasteiger partial charge in [-0.05, 0) is 80.6 Å². The summed E-state index contributed by atoms with van der Waals surface area (Å²) in [4.78, 5) is 19.9. The molecule has 0 spiro atoms. The van der Waals surface area contributed by atoms with Crippen molar-refractivity contribution in [3.8, 4) is 11.4 Å². The first kappa shape index (κ1) is 23.6. The molecule has 3 aromatic rings. The zero-order valence-electron chi connectivity index (χ0n) is 19.5. The number of likely N-dealkylation sites (tertiary alicyclic amines) is 1. The van der Waals surface area contributed by atoms with Gasteiger partial charge in [0, 0.05) is 16.6 Å². The number of rotatable bonds is 7. The van der Waals surface area contributed by atoms with Crippen molar-refractivity contribution in [1.29, 1.82) is 0 Å². The summed E-state index contributed by atoms with van der Waals surface area (Å²) in [5.74, 6) is 1.26. The maximum Gasteiger partial charge on any atom is 0.241 e. The maximum atomic E-state index is 13.1. The van der Waals surface area contributed by atoms with Gasteiger partial charge >= 0.3 is 0 Å². The molecule has 1 fully saturated rings. The molecule has 2 heterocycles. The van der Waals surface area contributed by atoms with E-state index in [1.807, 2.05) is 24.3 Å². The molecule has 2 atom stereocenters. The third-order valence-corrected chi connectivity index (χ3v) is 6.99. The van der Waals surface area contributed by atoms with E-state index >= 15 is 0 Å². The van der Waals surface area contributed by atoms with Crippen molar-refractivity contribution in [2.75, 3.05) is 13.1 Å². The summed E-state index contributed by atoms with van der Waals surface area (Å²) in [6, 6.07) is 14.3. The summed E-state index contributed by atoms with van der Waals surface area (Å²) in [7, 11) is 0. The highest BCUT2D eigenvalue weighted by atomic mass is 79.9. The second kappa shape index (κ2) is 10.6. The third-order valence-electron chi connectivity index (χ3n) is 6.46. The van der Waals surface area contributed by atoms with Crippen molar-refractivity contribution in [3.63, 3.8) is 0 Å². The quantitative estimate of drug-likeness (QED) is 0.448. The van der Waals surface area contributed by atoms with Crippen LogP contribution in [0.4, 0.5) is 0 Å². The maximum absolute atomic E-state index is 13.1. The van der Waals surface area contributed by atoms with Crippen LogP contribution in [-0.2, 0) is 11.3 Å². The summed E-state index contributed by atoms with van der Waals surface area (Å²) in [5, 5.41) is 7.42. The van der Waals surface area contributed by atoms with Gasteiger partial charge in [-0.15, -0.1) is 0 Å². The molecule has 2 aromatic carbocycles. The van der Waals surface area contributed by atoms with E-state index in [1.54, 1.807) is 0 Å². The van der Waals surface area contributed by atoms with Crippen molar-refractivity contribution in [1.82, 2.24) is 20.4 Å². The van der Waals surface area contributed by atoms with Crippen LogP contribution in [0.2, 0.25) is 0 Å². The second-order valence-electron chi connectivity index (χ2n) is 8.91. The number of aromatic nitrogens is 2. The number of hydrogen-bond acceptors (Lipinski definition) is 5. The van der Waals surface area contributed by atoms with E-state index in [1.165, 1.54) is 16.7 Å². The van der Waals surface area contributed by atoms with E-state index in [-0.39, 0.29) is 17.9 Å². The first-order chi connectivity index (χ1) is 15.9. The molecule has 2 unspecified atom stereocenters. The first-order valence-corrected chi connectivity index (χ1v) is 12.4. The van der Waals surface area contributed by atoms with Crippen LogP contribution in [-0.4, -0.2) is 34.0 Å². The predicted molar refractivity (Wildman–Crippen MR) is 133 cm³/mol. The smallest absolute Gasteiger partial charge is 0.241 e. The minimum atomic E-state index is -0.0341. The largest absolute Gasteiger partial charge is 0.349 e. The number of benzene rings is 2. The standard InChI is InChI=1S/C26H31BrN4O2/c1-4-23(20-8-7-17(2)18(3)14-20)28-26(32)21-6-5-13-31(15-21)16-24-29-25(30-33-24)19-9-11-22(27)12-10-19/h7-12,14,21,23H,4-6,13,15-16H2,1-3H3,(H,28,32). The summed E-state index contributed by atoms with van der Waals surface area (Å²) in [6.07, 6.45) is 2.75. The van der Waals surface area contributed by atoms with E-state index in [2.05, 4.69) is 75.3 Å². The average molecular weight is 511 g/mol. The lowest BCUT2D eigenvalue weighted by Gasteiger charge is -2.32. The van der Waals surface area contributed by atoms with Gasteiger partial charge < -0.3 is 9.84 Å². The molecule has 7 heteroatoms. The highest BCUT2D eigenvalue weighted by Gasteiger charge is 2.28. The number of halogens is 1. The SMILES string of the molecule is CCC(NC(=O)C1CCCN(Cc2nc(-c3ccc(Br)cc3)no2)C1)c1ccc(C)c(C)c1. The van der Waals surface area contributed by atoms with E-state index in [9.17, 15) is 4.79 Å². The molecule has 0 bridgehead atoms. The Labute approximate surface area is 203 Å². The number of hydrogen-bond donors (Lipinski definition) is 1. The molecule has 0 radical (unpaired) electrons. The van der Waals surface area contributed by atoms with Crippen LogP contribution in [0.15, 0.2) is 51.5 Å². The van der Waals surface area contributed by atoms with Gasteiger partial charge in [-0.3, -0.25) is 9.69 Å². The second-order valence-corrected chi connectivity index (χ2v) is 9.82. The summed E-state index contributed by atoms with van der Waals surface area (Å²) in [5.41, 5.74) is 4.62. The lowest BCUT2D eigenvalue weighted by Crippen LogP contribution is -2.43. The Balaban J connectivity index is 1.36. The van der Waals surface area contributed by atoms with Crippen LogP contribution < -0.4 is 5.32 Å². The number of aryl methyl sites for hydroxylation is 2. The van der Waals surface area contributed by atoms with Gasteiger partial charge in [-0.25, -0.2) is 0 Å². The first-order valence-electron chi connectivity index (χ1n) is 11.6. The highest BCUT2D eigenvalue weighted by Crippen LogP contribution is 2.24. The highest BCUT2D eigenvalue weighted by molar-refractivity contribution is 9.10. The summed E-state index contributed by atoms with van der Waals surface area (Å²) < 4.78 is 6.50. The molecule has 1 amide bonds. The number of nitrogens with one attached hydrogen (secondary N) is 1. The fraction of sp³-hybridized carbons (Fsp3) is 0.423. The molecule has 1 aliphatic rings. The van der Waals surface area contributed by atoms with Gasteiger partial charge in [0.15, 0.2) is 0 Å². The Hall–Kier alpha value is -2.51. The number of piperidine rings is 1. The predicted octanol–water partition coefficient (Wildman–Crippen LogP) is 5.60. The lowest BCUT2D eigenvalue weighted by atomic mass is 9.95. The molecule has 33 heavy (non-hydrogen) atoms. The molecule has 1 aliphatic heterocycles. The number of amides is 1. The van der Waals surface area contributed by atoms with Crippen molar-refractivity contribution in [2.45, 2.75) is 52.6 Å². The fourth-order valence-corrected chi connectivity index (χ4v) is 4.60. The molecule has 1 saturated heterocycles. The van der Waals surface area contributed by atoms with E-state index in [0.717, 1.165) is 35.8 Å². The molecule has 174 valence electrons. The lowest BCUT2D eigenvalue weighted by molar-refractivity contribution is -0.127. The molecule has 4 rings (SSSR count). The van der Waals surface area contributed by atoms with Crippen molar-refractivity contribution < 1.29 is 9.32 Å². The van der Waals surface area contributed by atoms with Crippen LogP contribution in [0.25, 0.3) is 11.4 Å². The molecule has 6 nitrogen and oxygen atoms in total. The molecular weight excluding hydrogens is 480 g/mol. The van der Waals surface area contributed by atoms with Gasteiger partial charge in [-0.1, -0.05) is 46.2 Å². The normalized spacial score (nSPS) is 17.6. The Morgan fingerprint density at radius 2 is 2.00 bits per heavy atom. The van der Waals surface area contributed by atoms with Gasteiger partial charge in [0.05, 0.1) is 18.5 Å². The van der Waals surface area contributed by atoms with Crippen LogP contribution in [0.5, 0.6) is 0 Å².